The van der Waals surface area contributed by atoms with Crippen molar-refractivity contribution >= 4 is 5.95 Å². The Bertz CT molecular complexity index is 1210. The minimum atomic E-state index is -0.951. The zero-order chi connectivity index (χ0) is 23.9. The Morgan fingerprint density at radius 1 is 1.06 bits per heavy atom. The van der Waals surface area contributed by atoms with Gasteiger partial charge in [0, 0.05) is 35.3 Å². The maximum absolute atomic E-state index is 15.4. The summed E-state index contributed by atoms with van der Waals surface area (Å²) in [6, 6.07) is 7.31. The van der Waals surface area contributed by atoms with Crippen LogP contribution in [-0.2, 0) is 0 Å². The average molecular weight is 478 g/mol. The van der Waals surface area contributed by atoms with Crippen LogP contribution >= 0.6 is 0 Å². The standard InChI is InChI=1S/C25H28FN7O2/c1-35-23-10-15(12-28-31-23)14-5-8-18(22(34)9-14)20-13-27-25(32-30-20)33(17-6-7-17)21-11-16-3-2-4-19(29-16)24(21)26/h5,8-10,12-13,16-17,19,21,24,29,34H,2-4,6-7,11H2,1H3/t16-,19-,21-,24+/m0/s1. The van der Waals surface area contributed by atoms with Crippen LogP contribution in [0.2, 0.25) is 0 Å². The number of nitrogens with one attached hydrogen (secondary N) is 1. The molecule has 2 aliphatic heterocycles. The second-order valence-electron chi connectivity index (χ2n) is 9.65. The summed E-state index contributed by atoms with van der Waals surface area (Å²) in [7, 11) is 1.53. The first-order valence-electron chi connectivity index (χ1n) is 12.2. The average Bonchev–Trinajstić information content (AvgIpc) is 3.73. The van der Waals surface area contributed by atoms with E-state index in [0.29, 0.717) is 29.1 Å². The zero-order valence-electron chi connectivity index (χ0n) is 19.5. The van der Waals surface area contributed by atoms with E-state index in [9.17, 15) is 5.11 Å². The molecular formula is C25H28FN7O2. The molecule has 3 aromatic rings. The third kappa shape index (κ3) is 4.27. The van der Waals surface area contributed by atoms with Gasteiger partial charge in [0.15, 0.2) is 0 Å². The third-order valence-corrected chi connectivity index (χ3v) is 7.32. The fourth-order valence-electron chi connectivity index (χ4n) is 5.43. The molecule has 9 nitrogen and oxygen atoms in total. The van der Waals surface area contributed by atoms with E-state index in [1.54, 1.807) is 30.6 Å². The molecule has 0 unspecified atom stereocenters. The first-order chi connectivity index (χ1) is 17.1. The van der Waals surface area contributed by atoms with Crippen LogP contribution in [0.15, 0.2) is 36.7 Å². The third-order valence-electron chi connectivity index (χ3n) is 7.32. The SMILES string of the molecule is COc1cc(-c2ccc(-c3cnc(N(C4CC4)[C@H]4C[C@@H]5CCC[C@H](N5)[C@H]4F)nn3)c(O)c2)cnn1. The summed E-state index contributed by atoms with van der Waals surface area (Å²) in [5.41, 5.74) is 2.51. The molecule has 10 heteroatoms. The van der Waals surface area contributed by atoms with Gasteiger partial charge in [-0.1, -0.05) is 12.5 Å². The molecule has 2 aromatic heterocycles. The number of nitrogens with zero attached hydrogens (tertiary/aromatic N) is 6. The quantitative estimate of drug-likeness (QED) is 0.553. The van der Waals surface area contributed by atoms with Crippen LogP contribution in [0.25, 0.3) is 22.4 Å². The van der Waals surface area contributed by atoms with Crippen molar-refractivity contribution in [2.75, 3.05) is 12.0 Å². The largest absolute Gasteiger partial charge is 0.507 e. The van der Waals surface area contributed by atoms with E-state index in [0.717, 1.165) is 49.7 Å². The second kappa shape index (κ2) is 8.99. The number of hydrogen-bond donors (Lipinski definition) is 2. The Balaban J connectivity index is 1.25. The van der Waals surface area contributed by atoms with Crippen LogP contribution in [0.3, 0.4) is 0 Å². The number of aromatic hydroxyl groups is 1. The van der Waals surface area contributed by atoms with E-state index in [-0.39, 0.29) is 23.9 Å². The van der Waals surface area contributed by atoms with Gasteiger partial charge in [-0.25, -0.2) is 9.37 Å². The molecule has 35 heavy (non-hydrogen) atoms. The minimum absolute atomic E-state index is 0.0520. The number of benzene rings is 1. The molecule has 0 spiro atoms. The van der Waals surface area contributed by atoms with E-state index < -0.39 is 6.17 Å². The molecule has 6 rings (SSSR count). The molecule has 1 aliphatic carbocycles. The molecule has 2 N–H and O–H groups in total. The van der Waals surface area contributed by atoms with Crippen LogP contribution in [0.4, 0.5) is 10.3 Å². The molecule has 0 radical (unpaired) electrons. The van der Waals surface area contributed by atoms with Crippen LogP contribution < -0.4 is 15.0 Å². The van der Waals surface area contributed by atoms with E-state index in [1.807, 2.05) is 6.07 Å². The van der Waals surface area contributed by atoms with Crippen molar-refractivity contribution in [2.24, 2.45) is 0 Å². The number of alkyl halides is 1. The van der Waals surface area contributed by atoms with E-state index in [1.165, 1.54) is 7.11 Å². The number of piperidine rings is 2. The zero-order valence-corrected chi connectivity index (χ0v) is 19.5. The molecule has 0 amide bonds. The van der Waals surface area contributed by atoms with Crippen molar-refractivity contribution in [3.8, 4) is 34.0 Å². The van der Waals surface area contributed by atoms with Crippen LogP contribution in [0, 0.1) is 0 Å². The second-order valence-corrected chi connectivity index (χ2v) is 9.65. The van der Waals surface area contributed by atoms with Crippen molar-refractivity contribution in [3.05, 3.63) is 36.7 Å². The molecule has 2 bridgehead atoms. The summed E-state index contributed by atoms with van der Waals surface area (Å²) in [6.45, 7) is 0. The van der Waals surface area contributed by atoms with E-state index in [2.05, 4.69) is 35.6 Å². The molecule has 4 atom stereocenters. The fraction of sp³-hybridized carbons (Fsp3) is 0.480. The van der Waals surface area contributed by atoms with Gasteiger partial charge < -0.3 is 20.1 Å². The molecule has 3 fully saturated rings. The maximum atomic E-state index is 15.4. The minimum Gasteiger partial charge on any atom is -0.507 e. The maximum Gasteiger partial charge on any atom is 0.245 e. The first kappa shape index (κ1) is 22.1. The highest BCUT2D eigenvalue weighted by Crippen LogP contribution is 2.39. The highest BCUT2D eigenvalue weighted by molar-refractivity contribution is 5.74. The fourth-order valence-corrected chi connectivity index (χ4v) is 5.43. The molecule has 1 saturated carbocycles. The Kier molecular flexibility index (Phi) is 5.68. The molecule has 1 aromatic carbocycles. The topological polar surface area (TPSA) is 109 Å². The predicted molar refractivity (Wildman–Crippen MR) is 128 cm³/mol. The van der Waals surface area contributed by atoms with Gasteiger partial charge in [0.25, 0.3) is 0 Å². The highest BCUT2D eigenvalue weighted by atomic mass is 19.1. The van der Waals surface area contributed by atoms with Crippen molar-refractivity contribution in [2.45, 2.75) is 68.9 Å². The van der Waals surface area contributed by atoms with Gasteiger partial charge in [-0.2, -0.15) is 5.10 Å². The van der Waals surface area contributed by atoms with Gasteiger partial charge >= 0.3 is 0 Å². The lowest BCUT2D eigenvalue weighted by Gasteiger charge is -2.46. The summed E-state index contributed by atoms with van der Waals surface area (Å²) >= 11 is 0. The summed E-state index contributed by atoms with van der Waals surface area (Å²) < 4.78 is 20.6. The number of phenolic OH excluding ortho intramolecular Hbond substituents is 1. The number of ether oxygens (including phenoxy) is 1. The van der Waals surface area contributed by atoms with Crippen molar-refractivity contribution < 1.29 is 14.2 Å². The van der Waals surface area contributed by atoms with Crippen molar-refractivity contribution in [1.29, 1.82) is 0 Å². The number of hydrogen-bond acceptors (Lipinski definition) is 9. The van der Waals surface area contributed by atoms with Crippen LogP contribution in [-0.4, -0.2) is 67.9 Å². The first-order valence-corrected chi connectivity index (χ1v) is 12.2. The van der Waals surface area contributed by atoms with Gasteiger partial charge in [-0.3, -0.25) is 0 Å². The van der Waals surface area contributed by atoms with Gasteiger partial charge in [0.05, 0.1) is 25.5 Å². The molecule has 182 valence electrons. The Morgan fingerprint density at radius 2 is 1.94 bits per heavy atom. The summed E-state index contributed by atoms with van der Waals surface area (Å²) in [6.07, 6.45) is 8.12. The van der Waals surface area contributed by atoms with Crippen LogP contribution in [0.5, 0.6) is 11.6 Å². The molecule has 3 aliphatic rings. The monoisotopic (exact) mass is 477 g/mol. The smallest absolute Gasteiger partial charge is 0.245 e. The lowest BCUT2D eigenvalue weighted by molar-refractivity contribution is 0.103. The number of aromatic nitrogens is 5. The number of methoxy groups -OCH3 is 1. The van der Waals surface area contributed by atoms with Gasteiger partial charge in [0.2, 0.25) is 11.8 Å². The van der Waals surface area contributed by atoms with Crippen molar-refractivity contribution in [3.63, 3.8) is 0 Å². The summed E-state index contributed by atoms with van der Waals surface area (Å²) in [4.78, 5) is 6.65. The molecular weight excluding hydrogens is 449 g/mol. The summed E-state index contributed by atoms with van der Waals surface area (Å²) in [5.74, 6) is 0.913. The lowest BCUT2D eigenvalue weighted by atomic mass is 9.82. The van der Waals surface area contributed by atoms with Crippen LogP contribution in [0.1, 0.15) is 38.5 Å². The highest BCUT2D eigenvalue weighted by Gasteiger charge is 2.47. The van der Waals surface area contributed by atoms with Crippen molar-refractivity contribution in [1.82, 2.24) is 30.7 Å². The van der Waals surface area contributed by atoms with E-state index >= 15 is 4.39 Å². The number of phenols is 1. The van der Waals surface area contributed by atoms with E-state index in [4.69, 9.17) is 4.74 Å². The Morgan fingerprint density at radius 3 is 2.69 bits per heavy atom. The van der Waals surface area contributed by atoms with Gasteiger partial charge in [-0.05, 0) is 49.8 Å². The lowest BCUT2D eigenvalue weighted by Crippen LogP contribution is -2.62. The number of rotatable bonds is 6. The molecule has 2 saturated heterocycles. The number of halogens is 1. The summed E-state index contributed by atoms with van der Waals surface area (Å²) in [5, 5.41) is 30.7. The predicted octanol–water partition coefficient (Wildman–Crippen LogP) is 3.30. The number of fused-ring (bicyclic) bond motifs is 2. The van der Waals surface area contributed by atoms with Gasteiger partial charge in [0.1, 0.15) is 17.6 Å². The Hall–Kier alpha value is -3.40. The normalized spacial score (nSPS) is 25.8. The van der Waals surface area contributed by atoms with Gasteiger partial charge in [-0.15, -0.1) is 15.3 Å². The Labute approximate surface area is 202 Å². The number of anilines is 1. The molecule has 4 heterocycles.